The smallest absolute Gasteiger partial charge is 0.312 e. The molecule has 2 amide bonds. The molecule has 220 valence electrons. The molecule has 3 aliphatic rings. The highest BCUT2D eigenvalue weighted by Crippen LogP contribution is 2.65. The van der Waals surface area contributed by atoms with E-state index in [1.54, 1.807) is 15.9 Å². The van der Waals surface area contributed by atoms with Gasteiger partial charge in [0.15, 0.2) is 0 Å². The van der Waals surface area contributed by atoms with Gasteiger partial charge in [-0.25, -0.2) is 0 Å². The molecule has 2 bridgehead atoms. The van der Waals surface area contributed by atoms with Crippen molar-refractivity contribution in [2.75, 3.05) is 19.8 Å². The second kappa shape index (κ2) is 13.0. The highest BCUT2D eigenvalue weighted by Gasteiger charge is 2.79. The highest BCUT2D eigenvalue weighted by molar-refractivity contribution is 5.99. The Hall–Kier alpha value is -2.19. The van der Waals surface area contributed by atoms with Gasteiger partial charge in [-0.1, -0.05) is 46.3 Å². The predicted octanol–water partition coefficient (Wildman–Crippen LogP) is 4.26. The maximum absolute atomic E-state index is 14.5. The number of rotatable bonds is 16. The molecule has 3 unspecified atom stereocenters. The molecule has 0 radical (unpaired) electrons. The lowest BCUT2D eigenvalue weighted by molar-refractivity contribution is -0.164. The molecule has 1 N–H and O–H groups in total. The third-order valence-electron chi connectivity index (χ3n) is 9.31. The van der Waals surface area contributed by atoms with E-state index >= 15 is 0 Å². The molecule has 0 aromatic carbocycles. The molecule has 3 saturated heterocycles. The van der Waals surface area contributed by atoms with Gasteiger partial charge in [0, 0.05) is 12.6 Å². The summed E-state index contributed by atoms with van der Waals surface area (Å²) in [6.07, 6.45) is 9.34. The summed E-state index contributed by atoms with van der Waals surface area (Å²) in [6.45, 7) is 17.9. The first kappa shape index (κ1) is 31.3. The van der Waals surface area contributed by atoms with Crippen molar-refractivity contribution in [1.82, 2.24) is 9.80 Å². The monoisotopic (exact) mass is 546 g/mol. The first-order valence-electron chi connectivity index (χ1n) is 14.9. The van der Waals surface area contributed by atoms with E-state index in [0.29, 0.717) is 32.2 Å². The maximum Gasteiger partial charge on any atom is 0.312 e. The Labute approximate surface area is 234 Å². The van der Waals surface area contributed by atoms with Gasteiger partial charge in [-0.3, -0.25) is 14.4 Å². The molecule has 8 nitrogen and oxygen atoms in total. The molecule has 7 atom stereocenters. The van der Waals surface area contributed by atoms with E-state index in [2.05, 4.69) is 20.1 Å². The number of carbonyl (C=O) groups is 3. The lowest BCUT2D eigenvalue weighted by Crippen LogP contribution is -2.60. The number of esters is 1. The number of nitrogens with zero attached hydrogens (tertiary/aromatic N) is 2. The van der Waals surface area contributed by atoms with Gasteiger partial charge in [0.1, 0.15) is 17.6 Å². The van der Waals surface area contributed by atoms with Crippen molar-refractivity contribution in [1.29, 1.82) is 0 Å². The Kier molecular flexibility index (Phi) is 10.4. The van der Waals surface area contributed by atoms with Gasteiger partial charge in [-0.05, 0) is 57.8 Å². The van der Waals surface area contributed by atoms with Crippen LogP contribution in [0.25, 0.3) is 0 Å². The number of hydrogen-bond donors (Lipinski definition) is 1. The number of hydrogen-bond acceptors (Lipinski definition) is 6. The first-order chi connectivity index (χ1) is 18.6. The van der Waals surface area contributed by atoms with Crippen molar-refractivity contribution >= 4 is 17.8 Å². The molecule has 1 spiro atoms. The van der Waals surface area contributed by atoms with Gasteiger partial charge < -0.3 is 24.4 Å². The molecule has 3 fully saturated rings. The van der Waals surface area contributed by atoms with Crippen molar-refractivity contribution in [3.63, 3.8) is 0 Å². The van der Waals surface area contributed by atoms with E-state index in [9.17, 15) is 19.5 Å². The zero-order valence-corrected chi connectivity index (χ0v) is 24.7. The SMILES string of the molecule is C=CCCCCOC(=O)[C@@H]1[C@H]2C(=O)N([C@@H](CO)C(C)C)C(C(=O)N(CC=C)C(C)CCC)C23CC[C@@]1(CC)O3. The fourth-order valence-electron chi connectivity index (χ4n) is 7.28. The minimum absolute atomic E-state index is 0.0606. The van der Waals surface area contributed by atoms with Crippen LogP contribution in [0.15, 0.2) is 25.3 Å². The topological polar surface area (TPSA) is 96.4 Å². The van der Waals surface area contributed by atoms with Gasteiger partial charge in [-0.15, -0.1) is 13.2 Å². The van der Waals surface area contributed by atoms with Crippen LogP contribution >= 0.6 is 0 Å². The van der Waals surface area contributed by atoms with Crippen molar-refractivity contribution in [3.8, 4) is 0 Å². The van der Waals surface area contributed by atoms with Crippen molar-refractivity contribution in [2.24, 2.45) is 17.8 Å². The van der Waals surface area contributed by atoms with Crippen LogP contribution < -0.4 is 0 Å². The summed E-state index contributed by atoms with van der Waals surface area (Å²) < 4.78 is 12.6. The highest BCUT2D eigenvalue weighted by atomic mass is 16.6. The number of fused-ring (bicyclic) bond motifs is 1. The number of likely N-dealkylation sites (tertiary alicyclic amines) is 1. The van der Waals surface area contributed by atoms with Crippen molar-refractivity contribution in [2.45, 2.75) is 115 Å². The van der Waals surface area contributed by atoms with Crippen LogP contribution in [0.1, 0.15) is 86.0 Å². The second-order valence-corrected chi connectivity index (χ2v) is 11.9. The Balaban J connectivity index is 2.07. The minimum Gasteiger partial charge on any atom is -0.465 e. The standard InChI is InChI=1S/C31H50N2O6/c1-8-12-13-14-19-38-29(37)25-24-27(35)33(23(20-34)21(5)6)26(31(24)17-16-30(25,11-4)39-31)28(36)32(18-10-3)22(7)15-9-2/h8,10,21-26,34H,1,3,9,11-20H2,2,4-7H3/t22?,23-,24-,25-,26?,30+,31?/m0/s1. The van der Waals surface area contributed by atoms with Crippen LogP contribution in [0.4, 0.5) is 0 Å². The molecule has 3 rings (SSSR count). The zero-order chi connectivity index (χ0) is 29.0. The summed E-state index contributed by atoms with van der Waals surface area (Å²) in [5, 5.41) is 10.4. The lowest BCUT2D eigenvalue weighted by Gasteiger charge is -2.42. The van der Waals surface area contributed by atoms with Crippen molar-refractivity contribution < 1.29 is 29.0 Å². The molecule has 0 aliphatic carbocycles. The molecule has 0 saturated carbocycles. The quantitative estimate of drug-likeness (QED) is 0.177. The van der Waals surface area contributed by atoms with Crippen LogP contribution in [-0.2, 0) is 23.9 Å². The number of carbonyl (C=O) groups excluding carboxylic acids is 3. The fourth-order valence-corrected chi connectivity index (χ4v) is 7.28. The average molecular weight is 547 g/mol. The second-order valence-electron chi connectivity index (χ2n) is 11.9. The minimum atomic E-state index is -1.13. The van der Waals surface area contributed by atoms with E-state index in [1.807, 2.05) is 33.8 Å². The number of aliphatic hydroxyl groups excluding tert-OH is 1. The number of ether oxygens (including phenoxy) is 2. The van der Waals surface area contributed by atoms with Crippen LogP contribution in [-0.4, -0.2) is 81.8 Å². The summed E-state index contributed by atoms with van der Waals surface area (Å²) in [5.74, 6) is -2.60. The average Bonchev–Trinajstić information content (AvgIpc) is 3.51. The van der Waals surface area contributed by atoms with E-state index in [1.165, 1.54) is 0 Å². The molecule has 3 heterocycles. The Bertz CT molecular complexity index is 921. The lowest BCUT2D eigenvalue weighted by atomic mass is 9.65. The molecule has 0 aromatic rings. The van der Waals surface area contributed by atoms with E-state index < -0.39 is 41.1 Å². The van der Waals surface area contributed by atoms with Gasteiger partial charge >= 0.3 is 5.97 Å². The number of amides is 2. The molecule has 3 aliphatic heterocycles. The summed E-state index contributed by atoms with van der Waals surface area (Å²) in [5.41, 5.74) is -1.97. The molecular formula is C31H50N2O6. The van der Waals surface area contributed by atoms with Gasteiger partial charge in [0.05, 0.1) is 30.8 Å². The Morgan fingerprint density at radius 2 is 1.92 bits per heavy atom. The van der Waals surface area contributed by atoms with Crippen LogP contribution in [0.2, 0.25) is 0 Å². The fraction of sp³-hybridized carbons (Fsp3) is 0.774. The van der Waals surface area contributed by atoms with E-state index in [0.717, 1.165) is 25.7 Å². The third-order valence-corrected chi connectivity index (χ3v) is 9.31. The summed E-state index contributed by atoms with van der Waals surface area (Å²) in [7, 11) is 0. The van der Waals surface area contributed by atoms with E-state index in [4.69, 9.17) is 9.47 Å². The summed E-state index contributed by atoms with van der Waals surface area (Å²) >= 11 is 0. The molecule has 39 heavy (non-hydrogen) atoms. The molecule has 8 heteroatoms. The number of unbranched alkanes of at least 4 members (excludes halogenated alkanes) is 2. The zero-order valence-electron chi connectivity index (χ0n) is 24.7. The third kappa shape index (κ3) is 5.43. The Morgan fingerprint density at radius 1 is 1.21 bits per heavy atom. The summed E-state index contributed by atoms with van der Waals surface area (Å²) in [6, 6.07) is -1.56. The van der Waals surface area contributed by atoms with E-state index in [-0.39, 0.29) is 37.0 Å². The number of allylic oxidation sites excluding steroid dienone is 1. The van der Waals surface area contributed by atoms with Crippen molar-refractivity contribution in [3.05, 3.63) is 25.3 Å². The van der Waals surface area contributed by atoms with Crippen LogP contribution in [0.5, 0.6) is 0 Å². The van der Waals surface area contributed by atoms with Gasteiger partial charge in [-0.2, -0.15) is 0 Å². The first-order valence-corrected chi connectivity index (χ1v) is 14.9. The largest absolute Gasteiger partial charge is 0.465 e. The molecular weight excluding hydrogens is 496 g/mol. The van der Waals surface area contributed by atoms with Gasteiger partial charge in [0.25, 0.3) is 0 Å². The number of aliphatic hydroxyl groups is 1. The Morgan fingerprint density at radius 3 is 2.49 bits per heavy atom. The summed E-state index contributed by atoms with van der Waals surface area (Å²) in [4.78, 5) is 45.9. The predicted molar refractivity (Wildman–Crippen MR) is 151 cm³/mol. The normalized spacial score (nSPS) is 30.8. The van der Waals surface area contributed by atoms with Gasteiger partial charge in [0.2, 0.25) is 11.8 Å². The van der Waals surface area contributed by atoms with Crippen LogP contribution in [0.3, 0.4) is 0 Å². The van der Waals surface area contributed by atoms with Crippen LogP contribution in [0, 0.1) is 17.8 Å². The maximum atomic E-state index is 14.5. The molecule has 0 aromatic heterocycles.